The summed E-state index contributed by atoms with van der Waals surface area (Å²) in [5, 5.41) is 12.5. The van der Waals surface area contributed by atoms with Gasteiger partial charge in [0.15, 0.2) is 5.69 Å². The maximum absolute atomic E-state index is 11.7. The Bertz CT molecular complexity index is 629. The molecule has 7 nitrogen and oxygen atoms in total. The van der Waals surface area contributed by atoms with Crippen molar-refractivity contribution in [3.05, 3.63) is 28.8 Å². The van der Waals surface area contributed by atoms with E-state index >= 15 is 0 Å². The van der Waals surface area contributed by atoms with Crippen LogP contribution < -0.4 is 0 Å². The second-order valence-corrected chi connectivity index (χ2v) is 4.89. The summed E-state index contributed by atoms with van der Waals surface area (Å²) >= 11 is 0. The monoisotopic (exact) mass is 291 g/mol. The molecule has 2 rings (SSSR count). The van der Waals surface area contributed by atoms with Gasteiger partial charge in [-0.25, -0.2) is 9.48 Å². The maximum Gasteiger partial charge on any atom is 0.360 e. The smallest absolute Gasteiger partial charge is 0.360 e. The highest BCUT2D eigenvalue weighted by atomic mass is 16.5. The first-order valence-corrected chi connectivity index (χ1v) is 7.13. The van der Waals surface area contributed by atoms with E-state index < -0.39 is 5.97 Å². The van der Waals surface area contributed by atoms with Crippen LogP contribution in [0.5, 0.6) is 0 Å². The van der Waals surface area contributed by atoms with Gasteiger partial charge in [-0.05, 0) is 18.9 Å². The minimum Gasteiger partial charge on any atom is -0.464 e. The normalized spacial score (nSPS) is 10.9. The highest BCUT2D eigenvalue weighted by Crippen LogP contribution is 2.13. The van der Waals surface area contributed by atoms with Gasteiger partial charge in [0.05, 0.1) is 30.7 Å². The van der Waals surface area contributed by atoms with E-state index in [9.17, 15) is 4.79 Å². The van der Waals surface area contributed by atoms with Crippen LogP contribution in [0.25, 0.3) is 0 Å². The minimum atomic E-state index is -0.441. The molecular formula is C14H21N5O2. The van der Waals surface area contributed by atoms with Gasteiger partial charge < -0.3 is 4.74 Å². The molecule has 0 saturated heterocycles. The summed E-state index contributed by atoms with van der Waals surface area (Å²) in [7, 11) is 3.26. The Morgan fingerprint density at radius 3 is 2.71 bits per heavy atom. The molecule has 0 amide bonds. The van der Waals surface area contributed by atoms with Crippen LogP contribution in [-0.4, -0.2) is 37.9 Å². The Labute approximate surface area is 123 Å². The fraction of sp³-hybridized carbons (Fsp3) is 0.571. The number of aryl methyl sites for hydroxylation is 2. The summed E-state index contributed by atoms with van der Waals surface area (Å²) in [5.41, 5.74) is 3.18. The van der Waals surface area contributed by atoms with Crippen molar-refractivity contribution in [1.82, 2.24) is 24.8 Å². The zero-order valence-electron chi connectivity index (χ0n) is 13.0. The van der Waals surface area contributed by atoms with Gasteiger partial charge in [-0.15, -0.1) is 5.10 Å². The molecule has 7 heteroatoms. The van der Waals surface area contributed by atoms with Crippen molar-refractivity contribution in [3.63, 3.8) is 0 Å². The zero-order chi connectivity index (χ0) is 15.4. The van der Waals surface area contributed by atoms with Crippen molar-refractivity contribution in [1.29, 1.82) is 0 Å². The molecule has 21 heavy (non-hydrogen) atoms. The Kier molecular flexibility index (Phi) is 4.72. The lowest BCUT2D eigenvalue weighted by Crippen LogP contribution is -2.12. The van der Waals surface area contributed by atoms with Gasteiger partial charge in [0.1, 0.15) is 0 Å². The Morgan fingerprint density at radius 1 is 1.38 bits per heavy atom. The van der Waals surface area contributed by atoms with Crippen LogP contribution in [0.2, 0.25) is 0 Å². The molecule has 0 bridgehead atoms. The van der Waals surface area contributed by atoms with Crippen molar-refractivity contribution >= 4 is 5.97 Å². The number of ether oxygens (including phenoxy) is 1. The molecule has 2 aromatic rings. The largest absolute Gasteiger partial charge is 0.464 e. The molecule has 0 aromatic carbocycles. The lowest BCUT2D eigenvalue weighted by atomic mass is 10.2. The first-order chi connectivity index (χ1) is 10.1. The lowest BCUT2D eigenvalue weighted by Gasteiger charge is -2.06. The number of hydrogen-bond donors (Lipinski definition) is 0. The van der Waals surface area contributed by atoms with Gasteiger partial charge in [0.25, 0.3) is 0 Å². The lowest BCUT2D eigenvalue weighted by molar-refractivity contribution is 0.0592. The molecule has 2 heterocycles. The average molecular weight is 291 g/mol. The molecule has 0 aliphatic carbocycles. The van der Waals surface area contributed by atoms with Crippen LogP contribution in [0.1, 0.15) is 47.8 Å². The Balaban J connectivity index is 2.32. The van der Waals surface area contributed by atoms with E-state index in [1.54, 1.807) is 4.68 Å². The molecule has 0 radical (unpaired) electrons. The van der Waals surface area contributed by atoms with Crippen LogP contribution in [0.4, 0.5) is 0 Å². The molecule has 0 N–H and O–H groups in total. The topological polar surface area (TPSA) is 74.8 Å². The van der Waals surface area contributed by atoms with Crippen molar-refractivity contribution in [3.8, 4) is 0 Å². The van der Waals surface area contributed by atoms with Gasteiger partial charge in [0, 0.05) is 7.05 Å². The molecule has 0 unspecified atom stereocenters. The fourth-order valence-corrected chi connectivity index (χ4v) is 2.24. The number of esters is 1. The van der Waals surface area contributed by atoms with Gasteiger partial charge in [-0.3, -0.25) is 4.68 Å². The molecule has 0 saturated carbocycles. The highest BCUT2D eigenvalue weighted by Gasteiger charge is 2.20. The third kappa shape index (κ3) is 3.12. The van der Waals surface area contributed by atoms with Crippen LogP contribution in [-0.2, 0) is 31.2 Å². The van der Waals surface area contributed by atoms with Gasteiger partial charge in [-0.1, -0.05) is 25.5 Å². The number of carbonyl (C=O) groups is 1. The summed E-state index contributed by atoms with van der Waals surface area (Å²) in [6, 6.07) is 2.05. The van der Waals surface area contributed by atoms with Crippen LogP contribution >= 0.6 is 0 Å². The number of nitrogens with zero attached hydrogens (tertiary/aromatic N) is 5. The third-order valence-corrected chi connectivity index (χ3v) is 3.40. The van der Waals surface area contributed by atoms with E-state index in [1.807, 2.05) is 11.7 Å². The van der Waals surface area contributed by atoms with E-state index in [0.29, 0.717) is 12.2 Å². The summed E-state index contributed by atoms with van der Waals surface area (Å²) in [4.78, 5) is 11.7. The number of methoxy groups -OCH3 is 1. The van der Waals surface area contributed by atoms with E-state index in [0.717, 1.165) is 36.3 Å². The first kappa shape index (κ1) is 15.2. The molecule has 114 valence electrons. The molecule has 0 fully saturated rings. The van der Waals surface area contributed by atoms with Crippen molar-refractivity contribution < 1.29 is 9.53 Å². The Hall–Kier alpha value is -2.18. The molecule has 0 spiro atoms. The molecular weight excluding hydrogens is 270 g/mol. The predicted octanol–water partition coefficient (Wildman–Crippen LogP) is 1.36. The number of hydrogen-bond acceptors (Lipinski definition) is 5. The van der Waals surface area contributed by atoms with Crippen molar-refractivity contribution in [2.75, 3.05) is 7.11 Å². The van der Waals surface area contributed by atoms with E-state index in [-0.39, 0.29) is 0 Å². The van der Waals surface area contributed by atoms with Crippen LogP contribution in [0.15, 0.2) is 6.07 Å². The Morgan fingerprint density at radius 2 is 2.14 bits per heavy atom. The highest BCUT2D eigenvalue weighted by molar-refractivity contribution is 5.88. The van der Waals surface area contributed by atoms with Gasteiger partial charge in [0.2, 0.25) is 0 Å². The minimum absolute atomic E-state index is 0.303. The second kappa shape index (κ2) is 6.51. The summed E-state index contributed by atoms with van der Waals surface area (Å²) in [6.45, 7) is 4.67. The van der Waals surface area contributed by atoms with Gasteiger partial charge >= 0.3 is 5.97 Å². The first-order valence-electron chi connectivity index (χ1n) is 7.13. The SMILES string of the molecule is CCCc1c(C(=O)OC)nnn1Cc1cc(CC)nn1C. The summed E-state index contributed by atoms with van der Waals surface area (Å²) < 4.78 is 8.36. The second-order valence-electron chi connectivity index (χ2n) is 4.89. The zero-order valence-corrected chi connectivity index (χ0v) is 13.0. The number of rotatable bonds is 6. The molecule has 0 aliphatic heterocycles. The van der Waals surface area contributed by atoms with E-state index in [2.05, 4.69) is 35.3 Å². The van der Waals surface area contributed by atoms with Crippen LogP contribution in [0.3, 0.4) is 0 Å². The third-order valence-electron chi connectivity index (χ3n) is 3.40. The number of aromatic nitrogens is 5. The van der Waals surface area contributed by atoms with E-state index in [1.165, 1.54) is 7.11 Å². The van der Waals surface area contributed by atoms with Crippen molar-refractivity contribution in [2.24, 2.45) is 7.05 Å². The average Bonchev–Trinajstić information content (AvgIpc) is 3.04. The molecule has 0 atom stereocenters. The standard InChI is InChI=1S/C14H21N5O2/c1-5-7-12-13(14(20)21-4)15-17-19(12)9-11-8-10(6-2)16-18(11)3/h8H,5-7,9H2,1-4H3. The van der Waals surface area contributed by atoms with Crippen molar-refractivity contribution in [2.45, 2.75) is 39.7 Å². The molecule has 0 aliphatic rings. The fourth-order valence-electron chi connectivity index (χ4n) is 2.24. The summed E-state index contributed by atoms with van der Waals surface area (Å²) in [6.07, 6.45) is 2.53. The van der Waals surface area contributed by atoms with E-state index in [4.69, 9.17) is 4.74 Å². The quantitative estimate of drug-likeness (QED) is 0.751. The maximum atomic E-state index is 11.7. The van der Waals surface area contributed by atoms with Crippen LogP contribution in [0, 0.1) is 0 Å². The molecule has 2 aromatic heterocycles. The summed E-state index contributed by atoms with van der Waals surface area (Å²) in [5.74, 6) is -0.441. The number of carbonyl (C=O) groups excluding carboxylic acids is 1. The van der Waals surface area contributed by atoms with Gasteiger partial charge in [-0.2, -0.15) is 5.10 Å². The predicted molar refractivity (Wildman–Crippen MR) is 77.0 cm³/mol.